The zero-order valence-corrected chi connectivity index (χ0v) is 11.3. The minimum absolute atomic E-state index is 0.0560. The first-order chi connectivity index (χ1) is 9.15. The Kier molecular flexibility index (Phi) is 3.85. The SMILES string of the molecule is COc1ccc(C(=O)c2ccc(C)cc2OC)cc1. The molecule has 0 spiro atoms. The molecule has 0 amide bonds. The van der Waals surface area contributed by atoms with Gasteiger partial charge in [-0.2, -0.15) is 0 Å². The Morgan fingerprint density at radius 1 is 0.947 bits per heavy atom. The number of carbonyl (C=O) groups excluding carboxylic acids is 1. The molecule has 0 saturated carbocycles. The number of aryl methyl sites for hydroxylation is 1. The molecular weight excluding hydrogens is 240 g/mol. The van der Waals surface area contributed by atoms with Crippen LogP contribution in [0.4, 0.5) is 0 Å². The van der Waals surface area contributed by atoms with Crippen molar-refractivity contribution >= 4 is 5.78 Å². The van der Waals surface area contributed by atoms with Crippen LogP contribution in [0, 0.1) is 6.92 Å². The summed E-state index contributed by atoms with van der Waals surface area (Å²) in [6.07, 6.45) is 0. The minimum Gasteiger partial charge on any atom is -0.497 e. The first-order valence-electron chi connectivity index (χ1n) is 5.99. The topological polar surface area (TPSA) is 35.5 Å². The van der Waals surface area contributed by atoms with Crippen LogP contribution >= 0.6 is 0 Å². The van der Waals surface area contributed by atoms with Gasteiger partial charge in [-0.05, 0) is 48.9 Å². The highest BCUT2D eigenvalue weighted by molar-refractivity contribution is 6.10. The molecule has 98 valence electrons. The van der Waals surface area contributed by atoms with E-state index in [1.54, 1.807) is 44.6 Å². The van der Waals surface area contributed by atoms with E-state index in [0.717, 1.165) is 11.3 Å². The van der Waals surface area contributed by atoms with Gasteiger partial charge in [0.1, 0.15) is 11.5 Å². The number of hydrogen-bond donors (Lipinski definition) is 0. The summed E-state index contributed by atoms with van der Waals surface area (Å²) >= 11 is 0. The van der Waals surface area contributed by atoms with Crippen LogP contribution in [0.3, 0.4) is 0 Å². The Bertz CT molecular complexity index is 585. The van der Waals surface area contributed by atoms with Gasteiger partial charge in [0.05, 0.1) is 19.8 Å². The second-order valence-electron chi connectivity index (χ2n) is 4.26. The van der Waals surface area contributed by atoms with Gasteiger partial charge in [-0.25, -0.2) is 0 Å². The summed E-state index contributed by atoms with van der Waals surface area (Å²) in [6, 6.07) is 12.6. The first-order valence-corrected chi connectivity index (χ1v) is 5.99. The fourth-order valence-electron chi connectivity index (χ4n) is 1.88. The van der Waals surface area contributed by atoms with Crippen LogP contribution in [-0.2, 0) is 0 Å². The molecule has 0 N–H and O–H groups in total. The molecule has 0 bridgehead atoms. The predicted molar refractivity (Wildman–Crippen MR) is 74.2 cm³/mol. The lowest BCUT2D eigenvalue weighted by Gasteiger charge is -2.09. The zero-order chi connectivity index (χ0) is 13.8. The molecule has 3 nitrogen and oxygen atoms in total. The summed E-state index contributed by atoms with van der Waals surface area (Å²) in [7, 11) is 3.17. The number of methoxy groups -OCH3 is 2. The fraction of sp³-hybridized carbons (Fsp3) is 0.188. The van der Waals surface area contributed by atoms with Crippen molar-refractivity contribution in [1.82, 2.24) is 0 Å². The highest BCUT2D eigenvalue weighted by atomic mass is 16.5. The van der Waals surface area contributed by atoms with E-state index in [-0.39, 0.29) is 5.78 Å². The summed E-state index contributed by atoms with van der Waals surface area (Å²) < 4.78 is 10.3. The van der Waals surface area contributed by atoms with Gasteiger partial charge in [0, 0.05) is 5.56 Å². The third-order valence-corrected chi connectivity index (χ3v) is 2.95. The van der Waals surface area contributed by atoms with Gasteiger partial charge in [0.25, 0.3) is 0 Å². The lowest BCUT2D eigenvalue weighted by Crippen LogP contribution is -2.04. The van der Waals surface area contributed by atoms with Crippen molar-refractivity contribution in [1.29, 1.82) is 0 Å². The van der Waals surface area contributed by atoms with Crippen molar-refractivity contribution in [3.8, 4) is 11.5 Å². The maximum Gasteiger partial charge on any atom is 0.196 e. The van der Waals surface area contributed by atoms with Crippen LogP contribution in [-0.4, -0.2) is 20.0 Å². The summed E-state index contributed by atoms with van der Waals surface area (Å²) in [5.74, 6) is 1.27. The molecule has 0 unspecified atom stereocenters. The van der Waals surface area contributed by atoms with Gasteiger partial charge >= 0.3 is 0 Å². The quantitative estimate of drug-likeness (QED) is 0.788. The van der Waals surface area contributed by atoms with Crippen molar-refractivity contribution in [2.75, 3.05) is 14.2 Å². The van der Waals surface area contributed by atoms with Crippen LogP contribution < -0.4 is 9.47 Å². The number of ketones is 1. The lowest BCUT2D eigenvalue weighted by atomic mass is 10.0. The fourth-order valence-corrected chi connectivity index (χ4v) is 1.88. The van der Waals surface area contributed by atoms with E-state index in [9.17, 15) is 4.79 Å². The second-order valence-corrected chi connectivity index (χ2v) is 4.26. The summed E-state index contributed by atoms with van der Waals surface area (Å²) in [6.45, 7) is 1.96. The number of rotatable bonds is 4. The van der Waals surface area contributed by atoms with Crippen LogP contribution in [0.1, 0.15) is 21.5 Å². The van der Waals surface area contributed by atoms with Crippen molar-refractivity contribution in [2.45, 2.75) is 6.92 Å². The molecule has 0 heterocycles. The van der Waals surface area contributed by atoms with Crippen LogP contribution in [0.15, 0.2) is 42.5 Å². The molecule has 0 saturated heterocycles. The lowest BCUT2D eigenvalue weighted by molar-refractivity contribution is 0.103. The Balaban J connectivity index is 2.37. The van der Waals surface area contributed by atoms with E-state index >= 15 is 0 Å². The Labute approximate surface area is 112 Å². The average molecular weight is 256 g/mol. The minimum atomic E-state index is -0.0560. The molecule has 19 heavy (non-hydrogen) atoms. The molecule has 0 aromatic heterocycles. The van der Waals surface area contributed by atoms with E-state index in [1.165, 1.54) is 0 Å². The monoisotopic (exact) mass is 256 g/mol. The molecule has 0 aliphatic rings. The third-order valence-electron chi connectivity index (χ3n) is 2.95. The highest BCUT2D eigenvalue weighted by Crippen LogP contribution is 2.23. The first kappa shape index (κ1) is 13.1. The van der Waals surface area contributed by atoms with Gasteiger partial charge in [0.2, 0.25) is 0 Å². The zero-order valence-electron chi connectivity index (χ0n) is 11.3. The summed E-state index contributed by atoms with van der Waals surface area (Å²) in [5, 5.41) is 0. The van der Waals surface area contributed by atoms with Gasteiger partial charge < -0.3 is 9.47 Å². The van der Waals surface area contributed by atoms with E-state index < -0.39 is 0 Å². The van der Waals surface area contributed by atoms with E-state index in [4.69, 9.17) is 9.47 Å². The predicted octanol–water partition coefficient (Wildman–Crippen LogP) is 3.24. The van der Waals surface area contributed by atoms with Gasteiger partial charge in [-0.1, -0.05) is 6.07 Å². The molecule has 2 rings (SSSR count). The third kappa shape index (κ3) is 2.76. The molecule has 3 heteroatoms. The molecule has 0 aliphatic carbocycles. The number of ether oxygens (including phenoxy) is 2. The standard InChI is InChI=1S/C16H16O3/c1-11-4-9-14(15(10-11)19-3)16(17)12-5-7-13(18-2)8-6-12/h4-10H,1-3H3. The molecule has 0 atom stereocenters. The Hall–Kier alpha value is -2.29. The van der Waals surface area contributed by atoms with Crippen molar-refractivity contribution < 1.29 is 14.3 Å². The maximum absolute atomic E-state index is 12.4. The smallest absolute Gasteiger partial charge is 0.196 e. The molecule has 2 aromatic carbocycles. The molecule has 0 radical (unpaired) electrons. The number of benzene rings is 2. The van der Waals surface area contributed by atoms with Crippen LogP contribution in [0.2, 0.25) is 0 Å². The van der Waals surface area contributed by atoms with Crippen molar-refractivity contribution in [3.05, 3.63) is 59.2 Å². The van der Waals surface area contributed by atoms with Crippen LogP contribution in [0.25, 0.3) is 0 Å². The Morgan fingerprint density at radius 2 is 1.63 bits per heavy atom. The molecular formula is C16H16O3. The van der Waals surface area contributed by atoms with E-state index in [0.29, 0.717) is 16.9 Å². The largest absolute Gasteiger partial charge is 0.497 e. The Morgan fingerprint density at radius 3 is 2.21 bits per heavy atom. The van der Waals surface area contributed by atoms with E-state index in [1.807, 2.05) is 19.1 Å². The number of hydrogen-bond acceptors (Lipinski definition) is 3. The highest BCUT2D eigenvalue weighted by Gasteiger charge is 2.14. The van der Waals surface area contributed by atoms with Crippen LogP contribution in [0.5, 0.6) is 11.5 Å². The van der Waals surface area contributed by atoms with E-state index in [2.05, 4.69) is 0 Å². The van der Waals surface area contributed by atoms with Gasteiger partial charge in [-0.15, -0.1) is 0 Å². The van der Waals surface area contributed by atoms with Crippen molar-refractivity contribution in [2.24, 2.45) is 0 Å². The van der Waals surface area contributed by atoms with Gasteiger partial charge in [0.15, 0.2) is 5.78 Å². The molecule has 0 fully saturated rings. The number of carbonyl (C=O) groups is 1. The second kappa shape index (κ2) is 5.57. The van der Waals surface area contributed by atoms with Crippen molar-refractivity contribution in [3.63, 3.8) is 0 Å². The summed E-state index contributed by atoms with van der Waals surface area (Å²) in [5.41, 5.74) is 2.24. The summed E-state index contributed by atoms with van der Waals surface area (Å²) in [4.78, 5) is 12.4. The molecule has 0 aliphatic heterocycles. The van der Waals surface area contributed by atoms with Gasteiger partial charge in [-0.3, -0.25) is 4.79 Å². The molecule has 2 aromatic rings. The average Bonchev–Trinajstić information content (AvgIpc) is 2.46. The maximum atomic E-state index is 12.4. The normalized spacial score (nSPS) is 10.1.